The molecular formula is C26H23ClN2O. The molecule has 3 aromatic carbocycles. The number of para-hydroxylation sites is 1. The Morgan fingerprint density at radius 1 is 0.933 bits per heavy atom. The average molecular weight is 415 g/mol. The second kappa shape index (κ2) is 8.68. The average Bonchev–Trinajstić information content (AvgIpc) is 2.75. The molecule has 4 aromatic rings. The number of carbonyl (C=O) groups is 1. The summed E-state index contributed by atoms with van der Waals surface area (Å²) in [6.07, 6.45) is 0.722. The molecule has 1 amide bonds. The van der Waals surface area contributed by atoms with Crippen LogP contribution in [0, 0.1) is 13.8 Å². The molecule has 4 rings (SSSR count). The molecule has 4 heteroatoms. The summed E-state index contributed by atoms with van der Waals surface area (Å²) in [7, 11) is 0. The molecule has 0 aliphatic carbocycles. The Kier molecular flexibility index (Phi) is 5.82. The molecule has 0 unspecified atom stereocenters. The minimum atomic E-state index is -0.0966. The van der Waals surface area contributed by atoms with Crippen molar-refractivity contribution in [2.24, 2.45) is 0 Å². The summed E-state index contributed by atoms with van der Waals surface area (Å²) in [6, 6.07) is 23.6. The van der Waals surface area contributed by atoms with Gasteiger partial charge in [0.1, 0.15) is 0 Å². The predicted molar refractivity (Wildman–Crippen MR) is 124 cm³/mol. The molecule has 0 atom stereocenters. The third-order valence-corrected chi connectivity index (χ3v) is 5.59. The van der Waals surface area contributed by atoms with Crippen molar-refractivity contribution in [1.29, 1.82) is 0 Å². The van der Waals surface area contributed by atoms with Gasteiger partial charge in [-0.25, -0.2) is 4.98 Å². The van der Waals surface area contributed by atoms with Gasteiger partial charge >= 0.3 is 0 Å². The molecule has 150 valence electrons. The highest BCUT2D eigenvalue weighted by atomic mass is 35.5. The number of aryl methyl sites for hydroxylation is 2. The van der Waals surface area contributed by atoms with E-state index in [0.717, 1.165) is 34.1 Å². The van der Waals surface area contributed by atoms with Crippen molar-refractivity contribution in [3.05, 3.63) is 100 Å². The second-order valence-electron chi connectivity index (χ2n) is 7.51. The molecule has 0 aliphatic rings. The van der Waals surface area contributed by atoms with E-state index in [-0.39, 0.29) is 5.91 Å². The van der Waals surface area contributed by atoms with Crippen LogP contribution in [-0.4, -0.2) is 17.4 Å². The van der Waals surface area contributed by atoms with Gasteiger partial charge in [0, 0.05) is 22.5 Å². The number of benzene rings is 3. The first-order valence-corrected chi connectivity index (χ1v) is 10.4. The van der Waals surface area contributed by atoms with Gasteiger partial charge in [-0.15, -0.1) is 0 Å². The van der Waals surface area contributed by atoms with Gasteiger partial charge in [-0.2, -0.15) is 0 Å². The maximum absolute atomic E-state index is 13.1. The monoisotopic (exact) mass is 414 g/mol. The van der Waals surface area contributed by atoms with Gasteiger partial charge in [0.25, 0.3) is 5.91 Å². The first-order chi connectivity index (χ1) is 14.5. The molecule has 30 heavy (non-hydrogen) atoms. The van der Waals surface area contributed by atoms with Crippen molar-refractivity contribution >= 4 is 28.4 Å². The van der Waals surface area contributed by atoms with Crippen LogP contribution in [0.3, 0.4) is 0 Å². The number of halogens is 1. The number of amides is 1. The van der Waals surface area contributed by atoms with Crippen LogP contribution in [-0.2, 0) is 6.42 Å². The van der Waals surface area contributed by atoms with Crippen LogP contribution in [0.25, 0.3) is 22.2 Å². The molecule has 0 bridgehead atoms. The Hall–Kier alpha value is -3.17. The van der Waals surface area contributed by atoms with Crippen LogP contribution in [0.1, 0.15) is 27.0 Å². The minimum Gasteiger partial charge on any atom is -0.352 e. The zero-order valence-electron chi connectivity index (χ0n) is 17.1. The standard InChI is InChI=1S/C26H23ClN2O/c1-17-10-11-20(14-18(17)2)25-16-23(22-8-3-4-9-24(22)29-25)26(30)28-13-12-19-6-5-7-21(27)15-19/h3-11,14-16H,12-13H2,1-2H3,(H,28,30). The lowest BCUT2D eigenvalue weighted by atomic mass is 10.0. The van der Waals surface area contributed by atoms with Crippen LogP contribution in [0.4, 0.5) is 0 Å². The van der Waals surface area contributed by atoms with E-state index in [2.05, 4.69) is 37.4 Å². The van der Waals surface area contributed by atoms with Crippen LogP contribution in [0.15, 0.2) is 72.8 Å². The van der Waals surface area contributed by atoms with E-state index in [0.29, 0.717) is 17.1 Å². The largest absolute Gasteiger partial charge is 0.352 e. The SMILES string of the molecule is Cc1ccc(-c2cc(C(=O)NCCc3cccc(Cl)c3)c3ccccc3n2)cc1C. The van der Waals surface area contributed by atoms with Gasteiger partial charge in [-0.1, -0.05) is 54.1 Å². The number of rotatable bonds is 5. The van der Waals surface area contributed by atoms with Gasteiger partial charge in [-0.05, 0) is 67.3 Å². The molecule has 0 aliphatic heterocycles. The topological polar surface area (TPSA) is 42.0 Å². The Balaban J connectivity index is 1.63. The first-order valence-electron chi connectivity index (χ1n) is 10.0. The van der Waals surface area contributed by atoms with Crippen LogP contribution in [0.2, 0.25) is 5.02 Å². The molecule has 3 nitrogen and oxygen atoms in total. The lowest BCUT2D eigenvalue weighted by Gasteiger charge is -2.12. The summed E-state index contributed by atoms with van der Waals surface area (Å²) in [5.74, 6) is -0.0966. The lowest BCUT2D eigenvalue weighted by molar-refractivity contribution is 0.0956. The lowest BCUT2D eigenvalue weighted by Crippen LogP contribution is -2.26. The van der Waals surface area contributed by atoms with Crippen molar-refractivity contribution in [2.45, 2.75) is 20.3 Å². The van der Waals surface area contributed by atoms with Gasteiger partial charge in [0.05, 0.1) is 16.8 Å². The van der Waals surface area contributed by atoms with E-state index < -0.39 is 0 Å². The molecule has 0 spiro atoms. The molecule has 0 saturated carbocycles. The van der Waals surface area contributed by atoms with Crippen molar-refractivity contribution in [1.82, 2.24) is 10.3 Å². The molecule has 0 radical (unpaired) electrons. The van der Waals surface area contributed by atoms with Crippen LogP contribution < -0.4 is 5.32 Å². The maximum Gasteiger partial charge on any atom is 0.252 e. The van der Waals surface area contributed by atoms with E-state index in [4.69, 9.17) is 16.6 Å². The fraction of sp³-hybridized carbons (Fsp3) is 0.154. The molecule has 0 saturated heterocycles. The van der Waals surface area contributed by atoms with Gasteiger partial charge in [0.15, 0.2) is 0 Å². The van der Waals surface area contributed by atoms with Crippen molar-refractivity contribution in [3.63, 3.8) is 0 Å². The third-order valence-electron chi connectivity index (χ3n) is 5.35. The summed E-state index contributed by atoms with van der Waals surface area (Å²) >= 11 is 6.05. The van der Waals surface area contributed by atoms with E-state index in [1.807, 2.05) is 54.6 Å². The van der Waals surface area contributed by atoms with E-state index >= 15 is 0 Å². The number of hydrogen-bond acceptors (Lipinski definition) is 2. The number of nitrogens with zero attached hydrogens (tertiary/aromatic N) is 1. The summed E-state index contributed by atoms with van der Waals surface area (Å²) in [4.78, 5) is 17.9. The summed E-state index contributed by atoms with van der Waals surface area (Å²) < 4.78 is 0. The van der Waals surface area contributed by atoms with Crippen molar-refractivity contribution in [2.75, 3.05) is 6.54 Å². The highest BCUT2D eigenvalue weighted by molar-refractivity contribution is 6.30. The Bertz CT molecular complexity index is 1230. The Morgan fingerprint density at radius 3 is 2.57 bits per heavy atom. The van der Waals surface area contributed by atoms with E-state index in [1.165, 1.54) is 11.1 Å². The predicted octanol–water partition coefficient (Wildman–Crippen LogP) is 6.14. The Labute approximate surface area is 181 Å². The number of pyridine rings is 1. The minimum absolute atomic E-state index is 0.0966. The van der Waals surface area contributed by atoms with E-state index in [1.54, 1.807) is 0 Å². The molecule has 0 fully saturated rings. The summed E-state index contributed by atoms with van der Waals surface area (Å²) in [6.45, 7) is 4.71. The van der Waals surface area contributed by atoms with Crippen LogP contribution >= 0.6 is 11.6 Å². The summed E-state index contributed by atoms with van der Waals surface area (Å²) in [5, 5.41) is 4.61. The van der Waals surface area contributed by atoms with Crippen LogP contribution in [0.5, 0.6) is 0 Å². The Morgan fingerprint density at radius 2 is 1.77 bits per heavy atom. The normalized spacial score (nSPS) is 10.9. The molecule has 1 aromatic heterocycles. The van der Waals surface area contributed by atoms with Crippen molar-refractivity contribution < 1.29 is 4.79 Å². The molecular weight excluding hydrogens is 392 g/mol. The highest BCUT2D eigenvalue weighted by Gasteiger charge is 2.14. The smallest absolute Gasteiger partial charge is 0.252 e. The van der Waals surface area contributed by atoms with Gasteiger partial charge in [0.2, 0.25) is 0 Å². The number of aromatic nitrogens is 1. The maximum atomic E-state index is 13.1. The quantitative estimate of drug-likeness (QED) is 0.426. The number of nitrogens with one attached hydrogen (secondary N) is 1. The summed E-state index contributed by atoms with van der Waals surface area (Å²) in [5.41, 5.74) is 6.80. The third kappa shape index (κ3) is 4.37. The zero-order valence-corrected chi connectivity index (χ0v) is 17.8. The van der Waals surface area contributed by atoms with Gasteiger partial charge in [-0.3, -0.25) is 4.79 Å². The second-order valence-corrected chi connectivity index (χ2v) is 7.94. The first kappa shape index (κ1) is 20.1. The zero-order chi connectivity index (χ0) is 21.1. The number of hydrogen-bond donors (Lipinski definition) is 1. The molecule has 1 N–H and O–H groups in total. The number of fused-ring (bicyclic) bond motifs is 1. The fourth-order valence-corrected chi connectivity index (χ4v) is 3.73. The fourth-order valence-electron chi connectivity index (χ4n) is 3.52. The number of carbonyl (C=O) groups excluding carboxylic acids is 1. The van der Waals surface area contributed by atoms with E-state index in [9.17, 15) is 4.79 Å². The van der Waals surface area contributed by atoms with Gasteiger partial charge < -0.3 is 5.32 Å². The highest BCUT2D eigenvalue weighted by Crippen LogP contribution is 2.26. The van der Waals surface area contributed by atoms with Crippen molar-refractivity contribution in [3.8, 4) is 11.3 Å². The molecule has 1 heterocycles.